The Bertz CT molecular complexity index is 692. The molecule has 0 atom stereocenters. The molecule has 0 fully saturated rings. The summed E-state index contributed by atoms with van der Waals surface area (Å²) >= 11 is 5.97. The smallest absolute Gasteiger partial charge is 0.341 e. The molecule has 1 N–H and O–H groups in total. The summed E-state index contributed by atoms with van der Waals surface area (Å²) in [4.78, 5) is 10.6. The first-order chi connectivity index (χ1) is 10.6. The highest BCUT2D eigenvalue weighted by Crippen LogP contribution is 2.23. The molecular weight excluding hydrogens is 304 g/mol. The van der Waals surface area contributed by atoms with Crippen LogP contribution in [0.1, 0.15) is 18.4 Å². The van der Waals surface area contributed by atoms with Crippen LogP contribution in [0.4, 0.5) is 0 Å². The summed E-state index contributed by atoms with van der Waals surface area (Å²) in [6, 6.07) is 4.88. The van der Waals surface area contributed by atoms with E-state index in [0.717, 1.165) is 24.2 Å². The van der Waals surface area contributed by atoms with Crippen LogP contribution < -0.4 is 4.74 Å². The minimum absolute atomic E-state index is 0.388. The van der Waals surface area contributed by atoms with Gasteiger partial charge in [-0.05, 0) is 37.1 Å². The summed E-state index contributed by atoms with van der Waals surface area (Å²) in [5.41, 5.74) is 1.34. The number of allylic oxidation sites excluding steroid dienone is 3. The highest BCUT2D eigenvalue weighted by atomic mass is 35.5. The Balaban J connectivity index is 2.27. The van der Waals surface area contributed by atoms with Gasteiger partial charge < -0.3 is 14.6 Å². The van der Waals surface area contributed by atoms with Gasteiger partial charge in [0.05, 0.1) is 18.2 Å². The van der Waals surface area contributed by atoms with Crippen molar-refractivity contribution in [3.05, 3.63) is 52.3 Å². The van der Waals surface area contributed by atoms with Gasteiger partial charge in [-0.25, -0.2) is 4.79 Å². The molecule has 0 saturated carbocycles. The van der Waals surface area contributed by atoms with Gasteiger partial charge in [-0.3, -0.25) is 0 Å². The number of hydrogen-bond acceptors (Lipinski definition) is 3. The van der Waals surface area contributed by atoms with Crippen LogP contribution >= 0.6 is 11.6 Å². The maximum Gasteiger partial charge on any atom is 0.341 e. The summed E-state index contributed by atoms with van der Waals surface area (Å²) in [6.45, 7) is -0.428. The van der Waals surface area contributed by atoms with E-state index in [9.17, 15) is 4.79 Å². The minimum atomic E-state index is -1.05. The molecule has 1 aromatic carbocycles. The van der Waals surface area contributed by atoms with Gasteiger partial charge in [0.2, 0.25) is 0 Å². The third-order valence-corrected chi connectivity index (χ3v) is 3.19. The fraction of sp³-hybridized carbons (Fsp3) is 0.235. The molecule has 0 radical (unpaired) electrons. The van der Waals surface area contributed by atoms with E-state index >= 15 is 0 Å². The van der Waals surface area contributed by atoms with Gasteiger partial charge in [0.25, 0.3) is 0 Å². The van der Waals surface area contributed by atoms with Gasteiger partial charge in [0.15, 0.2) is 6.61 Å². The molecule has 1 aliphatic rings. The maximum absolute atomic E-state index is 10.6. The molecule has 1 aromatic rings. The fourth-order valence-electron chi connectivity index (χ4n) is 1.96. The number of benzene rings is 1. The van der Waals surface area contributed by atoms with E-state index in [1.165, 1.54) is 0 Å². The van der Waals surface area contributed by atoms with Crippen molar-refractivity contribution in [1.82, 2.24) is 0 Å². The van der Waals surface area contributed by atoms with Gasteiger partial charge in [0, 0.05) is 5.02 Å². The number of rotatable bonds is 4. The molecular formula is C17H15ClO4. The molecule has 0 bridgehead atoms. The number of carboxylic acid groups (broad SMARTS) is 1. The van der Waals surface area contributed by atoms with Crippen molar-refractivity contribution in [3.8, 4) is 17.6 Å². The number of aliphatic carboxylic acids is 1. The number of ether oxygens (including phenoxy) is 2. The van der Waals surface area contributed by atoms with Crippen molar-refractivity contribution in [1.29, 1.82) is 0 Å². The molecule has 1 aliphatic carbocycles. The van der Waals surface area contributed by atoms with Crippen LogP contribution in [-0.4, -0.2) is 24.8 Å². The summed E-state index contributed by atoms with van der Waals surface area (Å²) in [5, 5.41) is 9.21. The number of methoxy groups -OCH3 is 1. The Morgan fingerprint density at radius 1 is 1.32 bits per heavy atom. The molecule has 2 rings (SSSR count). The van der Waals surface area contributed by atoms with Crippen LogP contribution in [0, 0.1) is 11.8 Å². The molecule has 0 amide bonds. The van der Waals surface area contributed by atoms with E-state index in [1.54, 1.807) is 25.3 Å². The molecule has 5 heteroatoms. The molecule has 22 heavy (non-hydrogen) atoms. The molecule has 0 aromatic heterocycles. The zero-order chi connectivity index (χ0) is 15.9. The summed E-state index contributed by atoms with van der Waals surface area (Å²) in [5.74, 6) is 6.08. The first kappa shape index (κ1) is 16.0. The van der Waals surface area contributed by atoms with Gasteiger partial charge in [-0.15, -0.1) is 0 Å². The van der Waals surface area contributed by atoms with Crippen molar-refractivity contribution in [3.63, 3.8) is 0 Å². The largest absolute Gasteiger partial charge is 0.496 e. The van der Waals surface area contributed by atoms with Crippen LogP contribution in [0.25, 0.3) is 0 Å². The second kappa shape index (κ2) is 7.58. The molecule has 0 heterocycles. The summed E-state index contributed by atoms with van der Waals surface area (Å²) in [7, 11) is 1.60. The maximum atomic E-state index is 10.6. The van der Waals surface area contributed by atoms with Crippen molar-refractivity contribution in [2.24, 2.45) is 0 Å². The van der Waals surface area contributed by atoms with Crippen molar-refractivity contribution in [2.75, 3.05) is 13.7 Å². The summed E-state index contributed by atoms with van der Waals surface area (Å²) < 4.78 is 10.5. The molecule has 114 valence electrons. The zero-order valence-electron chi connectivity index (χ0n) is 12.1. The van der Waals surface area contributed by atoms with Crippen molar-refractivity contribution < 1.29 is 19.4 Å². The van der Waals surface area contributed by atoms with Crippen molar-refractivity contribution in [2.45, 2.75) is 12.8 Å². The molecule has 0 spiro atoms. The number of carbonyl (C=O) groups is 1. The average Bonchev–Trinajstić information content (AvgIpc) is 2.52. The number of carboxylic acids is 1. The Kier molecular flexibility index (Phi) is 5.51. The predicted molar refractivity (Wildman–Crippen MR) is 83.9 cm³/mol. The average molecular weight is 319 g/mol. The Hall–Kier alpha value is -2.38. The van der Waals surface area contributed by atoms with E-state index in [0.29, 0.717) is 16.3 Å². The third-order valence-electron chi connectivity index (χ3n) is 2.95. The first-order valence-corrected chi connectivity index (χ1v) is 7.09. The van der Waals surface area contributed by atoms with Crippen LogP contribution in [0.5, 0.6) is 5.75 Å². The highest BCUT2D eigenvalue weighted by molar-refractivity contribution is 6.30. The van der Waals surface area contributed by atoms with Crippen LogP contribution in [0.2, 0.25) is 5.02 Å². The van der Waals surface area contributed by atoms with Gasteiger partial charge >= 0.3 is 5.97 Å². The topological polar surface area (TPSA) is 55.8 Å². The lowest BCUT2D eigenvalue weighted by atomic mass is 10.0. The number of halogens is 1. The van der Waals surface area contributed by atoms with E-state index in [4.69, 9.17) is 26.2 Å². The second-order valence-corrected chi connectivity index (χ2v) is 4.98. The fourth-order valence-corrected chi connectivity index (χ4v) is 2.13. The summed E-state index contributed by atoms with van der Waals surface area (Å²) in [6.07, 6.45) is 5.84. The van der Waals surface area contributed by atoms with Gasteiger partial charge in [0.1, 0.15) is 11.5 Å². The lowest BCUT2D eigenvalue weighted by molar-refractivity contribution is -0.139. The molecule has 0 aliphatic heterocycles. The van der Waals surface area contributed by atoms with E-state index in [2.05, 4.69) is 11.8 Å². The zero-order valence-corrected chi connectivity index (χ0v) is 12.8. The van der Waals surface area contributed by atoms with Crippen LogP contribution in [0.3, 0.4) is 0 Å². The lowest BCUT2D eigenvalue weighted by Crippen LogP contribution is -2.10. The monoisotopic (exact) mass is 318 g/mol. The minimum Gasteiger partial charge on any atom is -0.496 e. The van der Waals surface area contributed by atoms with Crippen LogP contribution in [-0.2, 0) is 9.53 Å². The Labute approximate surface area is 134 Å². The number of hydrogen-bond donors (Lipinski definition) is 1. The Morgan fingerprint density at radius 2 is 2.09 bits per heavy atom. The Morgan fingerprint density at radius 3 is 2.82 bits per heavy atom. The molecule has 0 unspecified atom stereocenters. The normalized spacial score (nSPS) is 13.4. The first-order valence-electron chi connectivity index (χ1n) is 6.71. The van der Waals surface area contributed by atoms with Crippen molar-refractivity contribution >= 4 is 17.6 Å². The molecule has 4 nitrogen and oxygen atoms in total. The van der Waals surface area contributed by atoms with Gasteiger partial charge in [-0.1, -0.05) is 29.5 Å². The van der Waals surface area contributed by atoms with Gasteiger partial charge in [-0.2, -0.15) is 0 Å². The van der Waals surface area contributed by atoms with Crippen LogP contribution in [0.15, 0.2) is 41.7 Å². The van der Waals surface area contributed by atoms with E-state index < -0.39 is 12.6 Å². The predicted octanol–water partition coefficient (Wildman–Crippen LogP) is 3.41. The quantitative estimate of drug-likeness (QED) is 0.864. The van der Waals surface area contributed by atoms with E-state index in [1.807, 2.05) is 12.2 Å². The highest BCUT2D eigenvalue weighted by Gasteiger charge is 2.08. The SMILES string of the molecule is COC1=CCCC=C1C#Cc1cc(Cl)ccc1OCC(=O)O. The third kappa shape index (κ3) is 4.31. The standard InChI is InChI=1S/C17H15ClO4/c1-21-15-5-3-2-4-12(15)6-7-13-10-14(18)8-9-16(13)22-11-17(19)20/h4-5,8-10H,2-3,11H2,1H3,(H,19,20). The molecule has 0 saturated heterocycles. The lowest BCUT2D eigenvalue weighted by Gasteiger charge is -2.10. The second-order valence-electron chi connectivity index (χ2n) is 4.54. The van der Waals surface area contributed by atoms with E-state index in [-0.39, 0.29) is 0 Å².